The summed E-state index contributed by atoms with van der Waals surface area (Å²) < 4.78 is 19.8. The second-order valence-corrected chi connectivity index (χ2v) is 16.1. The van der Waals surface area contributed by atoms with E-state index in [0.717, 1.165) is 53.2 Å². The van der Waals surface area contributed by atoms with Crippen LogP contribution in [-0.2, 0) is 0 Å². The predicted octanol–water partition coefficient (Wildman–Crippen LogP) is 17.4. The van der Waals surface area contributed by atoms with Crippen molar-refractivity contribution in [1.29, 1.82) is 0 Å². The van der Waals surface area contributed by atoms with Crippen LogP contribution in [-0.4, -0.2) is 19.8 Å². The zero-order valence-electron chi connectivity index (χ0n) is 36.5. The van der Waals surface area contributed by atoms with Crippen LogP contribution in [0.3, 0.4) is 0 Å². The Balaban J connectivity index is 2.05. The summed E-state index contributed by atoms with van der Waals surface area (Å²) in [6.45, 7) is 12.9. The zero-order valence-corrected chi connectivity index (χ0v) is 36.5. The van der Waals surface area contributed by atoms with Crippen LogP contribution in [0.25, 0.3) is 18.2 Å². The van der Waals surface area contributed by atoms with E-state index in [1.165, 1.54) is 173 Å². The predicted molar refractivity (Wildman–Crippen MR) is 244 cm³/mol. The molecule has 312 valence electrons. The summed E-state index contributed by atoms with van der Waals surface area (Å²) in [5, 5.41) is 0. The summed E-state index contributed by atoms with van der Waals surface area (Å²) in [7, 11) is 0. The van der Waals surface area contributed by atoms with Crippen molar-refractivity contribution < 1.29 is 14.2 Å². The van der Waals surface area contributed by atoms with E-state index >= 15 is 0 Å². The molecule has 0 unspecified atom stereocenters. The van der Waals surface area contributed by atoms with Crippen molar-refractivity contribution >= 4 is 18.2 Å². The minimum Gasteiger partial charge on any atom is -0.490 e. The van der Waals surface area contributed by atoms with Gasteiger partial charge in [0.25, 0.3) is 0 Å². The summed E-state index contributed by atoms with van der Waals surface area (Å²) >= 11 is 0. The Bertz CT molecular complexity index is 1130. The molecule has 0 saturated carbocycles. The lowest BCUT2D eigenvalue weighted by molar-refractivity contribution is 0.234. The minimum atomic E-state index is 0.699. The lowest BCUT2D eigenvalue weighted by Gasteiger charge is -2.18. The van der Waals surface area contributed by atoms with Crippen molar-refractivity contribution in [2.75, 3.05) is 19.8 Å². The molecule has 0 fully saturated rings. The van der Waals surface area contributed by atoms with Gasteiger partial charge in [-0.3, -0.25) is 0 Å². The first kappa shape index (κ1) is 48.5. The van der Waals surface area contributed by atoms with Crippen molar-refractivity contribution in [3.63, 3.8) is 0 Å². The smallest absolute Gasteiger partial charge is 0.203 e. The molecule has 0 aliphatic carbocycles. The first-order valence-electron chi connectivity index (χ1n) is 23.7. The van der Waals surface area contributed by atoms with Crippen molar-refractivity contribution in [2.24, 2.45) is 0 Å². The average molecular weight is 759 g/mol. The molecule has 0 aromatic heterocycles. The van der Waals surface area contributed by atoms with Crippen LogP contribution >= 0.6 is 0 Å². The molecule has 0 N–H and O–H groups in total. The third kappa shape index (κ3) is 26.0. The van der Waals surface area contributed by atoms with Crippen LogP contribution in [0.2, 0.25) is 0 Å². The fraction of sp³-hybridized carbons (Fsp3) is 0.692. The van der Waals surface area contributed by atoms with E-state index in [1.807, 2.05) is 6.08 Å². The molecule has 3 heteroatoms. The molecule has 0 aliphatic heterocycles. The largest absolute Gasteiger partial charge is 0.490 e. The molecular formula is C52H86O3. The van der Waals surface area contributed by atoms with Crippen molar-refractivity contribution in [3.05, 3.63) is 59.7 Å². The summed E-state index contributed by atoms with van der Waals surface area (Å²) in [5.41, 5.74) is 3.37. The molecule has 0 radical (unpaired) electrons. The Kier molecular flexibility index (Phi) is 31.5. The Hall–Kier alpha value is -2.68. The molecule has 3 nitrogen and oxygen atoms in total. The molecule has 55 heavy (non-hydrogen) atoms. The summed E-state index contributed by atoms with van der Waals surface area (Å²) in [6, 6.07) is 12.8. The molecule has 0 amide bonds. The monoisotopic (exact) mass is 759 g/mol. The maximum Gasteiger partial charge on any atom is 0.203 e. The number of benzene rings is 2. The SMILES string of the molecule is C=Cc1ccc(/C=C/c2cc(OCCCCCCCCCCCC)c(OCCCCCCCCCCCC)c(OCCCCCCCCCCCC)c2)cc1. The molecule has 0 bridgehead atoms. The standard InChI is InChI=1S/C52H86O3/c1-5-9-12-15-18-21-24-27-30-33-42-53-50-45-49(41-40-48-38-36-47(8-4)37-39-48)46-51(54-43-34-31-28-25-22-19-16-13-10-6-2)52(50)55-44-35-32-29-26-23-20-17-14-11-7-3/h8,36-41,45-46H,4-7,9-35,42-44H2,1-3H3/b41-40+. The summed E-state index contributed by atoms with van der Waals surface area (Å²) in [5.74, 6) is 2.44. The number of rotatable bonds is 39. The second-order valence-electron chi connectivity index (χ2n) is 16.1. The highest BCUT2D eigenvalue weighted by molar-refractivity contribution is 5.73. The summed E-state index contributed by atoms with van der Waals surface area (Å²) in [6.07, 6.45) is 45.7. The van der Waals surface area contributed by atoms with Crippen LogP contribution in [0.1, 0.15) is 230 Å². The Labute approximate surface area is 341 Å². The Morgan fingerprint density at radius 2 is 0.655 bits per heavy atom. The maximum atomic E-state index is 6.60. The lowest BCUT2D eigenvalue weighted by Crippen LogP contribution is -2.07. The van der Waals surface area contributed by atoms with Gasteiger partial charge in [0.1, 0.15) is 0 Å². The van der Waals surface area contributed by atoms with E-state index in [-0.39, 0.29) is 0 Å². The van der Waals surface area contributed by atoms with Crippen LogP contribution < -0.4 is 14.2 Å². The van der Waals surface area contributed by atoms with E-state index in [2.05, 4.69) is 75.9 Å². The van der Waals surface area contributed by atoms with Gasteiger partial charge in [-0.2, -0.15) is 0 Å². The van der Waals surface area contributed by atoms with Gasteiger partial charge in [0.2, 0.25) is 5.75 Å². The molecule has 2 aromatic rings. The number of ether oxygens (including phenoxy) is 3. The molecule has 2 rings (SSSR count). The van der Waals surface area contributed by atoms with Gasteiger partial charge in [-0.05, 0) is 48.1 Å². The van der Waals surface area contributed by atoms with Crippen molar-refractivity contribution in [3.8, 4) is 17.2 Å². The first-order valence-corrected chi connectivity index (χ1v) is 23.7. The lowest BCUT2D eigenvalue weighted by atomic mass is 10.1. The maximum absolute atomic E-state index is 6.60. The first-order chi connectivity index (χ1) is 27.2. The van der Waals surface area contributed by atoms with Crippen LogP contribution in [0, 0.1) is 0 Å². The van der Waals surface area contributed by atoms with Gasteiger partial charge < -0.3 is 14.2 Å². The molecular weight excluding hydrogens is 673 g/mol. The van der Waals surface area contributed by atoms with E-state index in [0.29, 0.717) is 19.8 Å². The molecule has 0 saturated heterocycles. The molecule has 0 atom stereocenters. The minimum absolute atomic E-state index is 0.699. The Morgan fingerprint density at radius 3 is 1.00 bits per heavy atom. The number of unbranched alkanes of at least 4 members (excludes halogenated alkanes) is 27. The summed E-state index contributed by atoms with van der Waals surface area (Å²) in [4.78, 5) is 0. The zero-order chi connectivity index (χ0) is 39.3. The highest BCUT2D eigenvalue weighted by Gasteiger charge is 2.16. The van der Waals surface area contributed by atoms with Gasteiger partial charge in [-0.1, -0.05) is 243 Å². The quantitative estimate of drug-likeness (QED) is 0.0502. The van der Waals surface area contributed by atoms with E-state index in [4.69, 9.17) is 14.2 Å². The fourth-order valence-corrected chi connectivity index (χ4v) is 7.29. The normalized spacial score (nSPS) is 11.4. The van der Waals surface area contributed by atoms with Crippen LogP contribution in [0.5, 0.6) is 17.2 Å². The number of hydrogen-bond donors (Lipinski definition) is 0. The average Bonchev–Trinajstić information content (AvgIpc) is 3.21. The molecule has 0 aliphatic rings. The van der Waals surface area contributed by atoms with E-state index in [9.17, 15) is 0 Å². The van der Waals surface area contributed by atoms with Gasteiger partial charge in [0, 0.05) is 0 Å². The van der Waals surface area contributed by atoms with E-state index < -0.39 is 0 Å². The molecule has 0 heterocycles. The van der Waals surface area contributed by atoms with Crippen LogP contribution in [0.15, 0.2) is 43.0 Å². The highest BCUT2D eigenvalue weighted by Crippen LogP contribution is 2.40. The van der Waals surface area contributed by atoms with Crippen LogP contribution in [0.4, 0.5) is 0 Å². The van der Waals surface area contributed by atoms with Gasteiger partial charge in [-0.25, -0.2) is 0 Å². The highest BCUT2D eigenvalue weighted by atomic mass is 16.5. The van der Waals surface area contributed by atoms with Gasteiger partial charge in [-0.15, -0.1) is 0 Å². The third-order valence-electron chi connectivity index (χ3n) is 10.9. The van der Waals surface area contributed by atoms with Gasteiger partial charge >= 0.3 is 0 Å². The fourth-order valence-electron chi connectivity index (χ4n) is 7.29. The Morgan fingerprint density at radius 1 is 0.364 bits per heavy atom. The topological polar surface area (TPSA) is 27.7 Å². The molecule has 0 spiro atoms. The number of hydrogen-bond acceptors (Lipinski definition) is 3. The van der Waals surface area contributed by atoms with E-state index in [1.54, 1.807) is 0 Å². The van der Waals surface area contributed by atoms with Crippen molar-refractivity contribution in [2.45, 2.75) is 213 Å². The second kappa shape index (κ2) is 35.7. The third-order valence-corrected chi connectivity index (χ3v) is 10.9. The van der Waals surface area contributed by atoms with Gasteiger partial charge in [0.15, 0.2) is 11.5 Å². The van der Waals surface area contributed by atoms with Crippen molar-refractivity contribution in [1.82, 2.24) is 0 Å². The van der Waals surface area contributed by atoms with Gasteiger partial charge in [0.05, 0.1) is 19.8 Å². The molecule has 2 aromatic carbocycles.